The van der Waals surface area contributed by atoms with Gasteiger partial charge >= 0.3 is 0 Å². The molecule has 0 aromatic heterocycles. The Bertz CT molecular complexity index is 659. The van der Waals surface area contributed by atoms with Gasteiger partial charge in [-0.2, -0.15) is 0 Å². The minimum absolute atomic E-state index is 0.0129. The zero-order chi connectivity index (χ0) is 30.8. The summed E-state index contributed by atoms with van der Waals surface area (Å²) in [5, 5.41) is 13.5. The van der Waals surface area contributed by atoms with E-state index in [0.717, 1.165) is 19.3 Å². The van der Waals surface area contributed by atoms with Crippen LogP contribution >= 0.6 is 7.82 Å². The first-order valence-corrected chi connectivity index (χ1v) is 18.3. The highest BCUT2D eigenvalue weighted by Crippen LogP contribution is 2.38. The third-order valence-corrected chi connectivity index (χ3v) is 8.53. The Morgan fingerprint density at radius 2 is 1.20 bits per heavy atom. The molecule has 0 aliphatic heterocycles. The number of quaternary nitrogens is 1. The SMILES string of the molecule is CCCCCCCCCCCCCCCCCCCCC(O)C(COP(=O)([O-])OCC[N+](C)(C)C)NC(=O)CCC. The molecule has 2 N–H and O–H groups in total. The second kappa shape index (κ2) is 25.9. The Hall–Kier alpha value is -0.500. The minimum atomic E-state index is -4.52. The number of amides is 1. The smallest absolute Gasteiger partial charge is 0.268 e. The van der Waals surface area contributed by atoms with Crippen molar-refractivity contribution in [2.24, 2.45) is 0 Å². The molecule has 0 heterocycles. The van der Waals surface area contributed by atoms with Crippen LogP contribution in [0.5, 0.6) is 0 Å². The second-order valence-corrected chi connectivity index (χ2v) is 14.3. The van der Waals surface area contributed by atoms with Crippen molar-refractivity contribution in [1.29, 1.82) is 0 Å². The molecule has 3 unspecified atom stereocenters. The Morgan fingerprint density at radius 3 is 1.61 bits per heavy atom. The molecule has 0 saturated carbocycles. The quantitative estimate of drug-likeness (QED) is 0.0506. The number of hydrogen-bond donors (Lipinski definition) is 2. The highest BCUT2D eigenvalue weighted by Gasteiger charge is 2.24. The van der Waals surface area contributed by atoms with E-state index in [9.17, 15) is 19.4 Å². The largest absolute Gasteiger partial charge is 0.756 e. The van der Waals surface area contributed by atoms with Gasteiger partial charge < -0.3 is 28.8 Å². The molecule has 246 valence electrons. The van der Waals surface area contributed by atoms with Gasteiger partial charge in [0.15, 0.2) is 0 Å². The summed E-state index contributed by atoms with van der Waals surface area (Å²) in [6.07, 6.45) is 24.0. The summed E-state index contributed by atoms with van der Waals surface area (Å²) in [5.41, 5.74) is 0. The highest BCUT2D eigenvalue weighted by atomic mass is 31.2. The number of likely N-dealkylation sites (N-methyl/N-ethyl adjacent to an activating group) is 1. The van der Waals surface area contributed by atoms with Gasteiger partial charge in [0, 0.05) is 6.42 Å². The fourth-order valence-corrected chi connectivity index (χ4v) is 5.57. The van der Waals surface area contributed by atoms with Crippen molar-refractivity contribution in [3.63, 3.8) is 0 Å². The fraction of sp³-hybridized carbons (Fsp3) is 0.969. The van der Waals surface area contributed by atoms with E-state index < -0.39 is 20.0 Å². The zero-order valence-electron chi connectivity index (χ0n) is 27.5. The summed E-state index contributed by atoms with van der Waals surface area (Å²) in [5.74, 6) is -0.218. The van der Waals surface area contributed by atoms with Crippen LogP contribution in [0.15, 0.2) is 0 Å². The molecule has 3 atom stereocenters. The van der Waals surface area contributed by atoms with Gasteiger partial charge in [-0.05, 0) is 12.8 Å². The molecule has 0 aromatic rings. The average Bonchev–Trinajstić information content (AvgIpc) is 2.89. The number of carbonyl (C=O) groups is 1. The van der Waals surface area contributed by atoms with Crippen LogP contribution in [0.25, 0.3) is 0 Å². The molecular weight excluding hydrogens is 539 g/mol. The molecule has 0 aliphatic carbocycles. The van der Waals surface area contributed by atoms with Crippen LogP contribution in [0.3, 0.4) is 0 Å². The number of phosphoric ester groups is 1. The number of nitrogens with one attached hydrogen (secondary N) is 1. The van der Waals surface area contributed by atoms with Crippen molar-refractivity contribution in [1.82, 2.24) is 5.32 Å². The summed E-state index contributed by atoms with van der Waals surface area (Å²) >= 11 is 0. The first-order chi connectivity index (χ1) is 19.5. The number of hydrogen-bond acceptors (Lipinski definition) is 6. The Morgan fingerprint density at radius 1 is 0.756 bits per heavy atom. The molecule has 8 nitrogen and oxygen atoms in total. The molecule has 0 aliphatic rings. The molecule has 0 aromatic carbocycles. The van der Waals surface area contributed by atoms with Gasteiger partial charge in [-0.3, -0.25) is 9.36 Å². The predicted molar refractivity (Wildman–Crippen MR) is 169 cm³/mol. The van der Waals surface area contributed by atoms with Crippen molar-refractivity contribution >= 4 is 13.7 Å². The van der Waals surface area contributed by atoms with E-state index in [2.05, 4.69) is 12.2 Å². The third-order valence-electron chi connectivity index (χ3n) is 7.57. The zero-order valence-corrected chi connectivity index (χ0v) is 28.4. The lowest BCUT2D eigenvalue weighted by Crippen LogP contribution is -2.46. The highest BCUT2D eigenvalue weighted by molar-refractivity contribution is 7.45. The van der Waals surface area contributed by atoms with Gasteiger partial charge in [-0.25, -0.2) is 0 Å². The van der Waals surface area contributed by atoms with Gasteiger partial charge in [0.25, 0.3) is 7.82 Å². The van der Waals surface area contributed by atoms with Crippen LogP contribution < -0.4 is 10.2 Å². The van der Waals surface area contributed by atoms with E-state index in [-0.39, 0.29) is 19.1 Å². The maximum Gasteiger partial charge on any atom is 0.268 e. The van der Waals surface area contributed by atoms with Crippen LogP contribution in [-0.4, -0.2) is 68.5 Å². The summed E-state index contributed by atoms with van der Waals surface area (Å²) in [6.45, 7) is 4.36. The van der Waals surface area contributed by atoms with Crippen molar-refractivity contribution in [3.8, 4) is 0 Å². The molecule has 0 radical (unpaired) electrons. The molecule has 0 spiro atoms. The van der Waals surface area contributed by atoms with Crippen molar-refractivity contribution in [3.05, 3.63) is 0 Å². The van der Waals surface area contributed by atoms with Crippen LogP contribution in [0.2, 0.25) is 0 Å². The lowest BCUT2D eigenvalue weighted by Gasteiger charge is -2.30. The number of aliphatic hydroxyl groups is 1. The normalized spacial score (nSPS) is 15.0. The summed E-state index contributed by atoms with van der Waals surface area (Å²) < 4.78 is 22.7. The number of rotatable bonds is 30. The number of nitrogens with zero attached hydrogens (tertiary/aromatic N) is 1. The number of carbonyl (C=O) groups excluding carboxylic acids is 1. The lowest BCUT2D eigenvalue weighted by molar-refractivity contribution is -0.870. The number of aliphatic hydroxyl groups excluding tert-OH is 1. The molecule has 0 fully saturated rings. The standard InChI is InChI=1S/C32H67N2O6P/c1-6-8-9-10-11-12-13-14-15-16-17-18-19-20-21-22-23-24-26-31(35)30(33-32(36)25-7-2)29-40-41(37,38)39-28-27-34(3,4)5/h30-31,35H,6-29H2,1-5H3,(H-,33,36,37,38). The molecule has 41 heavy (non-hydrogen) atoms. The van der Waals surface area contributed by atoms with Crippen molar-refractivity contribution < 1.29 is 32.9 Å². The van der Waals surface area contributed by atoms with Gasteiger partial charge in [0.1, 0.15) is 13.2 Å². The second-order valence-electron chi connectivity index (χ2n) is 12.9. The number of unbranched alkanes of at least 4 members (excludes halogenated alkanes) is 17. The summed E-state index contributed by atoms with van der Waals surface area (Å²) in [4.78, 5) is 24.3. The van der Waals surface area contributed by atoms with Crippen LogP contribution in [0.1, 0.15) is 149 Å². The van der Waals surface area contributed by atoms with Crippen LogP contribution in [0.4, 0.5) is 0 Å². The van der Waals surface area contributed by atoms with E-state index >= 15 is 0 Å². The maximum absolute atomic E-state index is 12.2. The maximum atomic E-state index is 12.2. The summed E-state index contributed by atoms with van der Waals surface area (Å²) in [7, 11) is 1.30. The van der Waals surface area contributed by atoms with Crippen molar-refractivity contribution in [2.75, 3.05) is 40.9 Å². The summed E-state index contributed by atoms with van der Waals surface area (Å²) in [6, 6.07) is -0.788. The van der Waals surface area contributed by atoms with E-state index in [1.54, 1.807) is 0 Å². The van der Waals surface area contributed by atoms with Crippen LogP contribution in [-0.2, 0) is 18.4 Å². The number of phosphoric acid groups is 1. The van der Waals surface area contributed by atoms with E-state index in [1.807, 2.05) is 28.1 Å². The molecule has 9 heteroatoms. The van der Waals surface area contributed by atoms with Gasteiger partial charge in [-0.1, -0.05) is 129 Å². The molecule has 0 bridgehead atoms. The third kappa shape index (κ3) is 28.1. The first-order valence-electron chi connectivity index (χ1n) is 16.9. The molecule has 1 amide bonds. The Balaban J connectivity index is 4.00. The Labute approximate surface area is 253 Å². The molecule has 0 saturated heterocycles. The monoisotopic (exact) mass is 606 g/mol. The van der Waals surface area contributed by atoms with Gasteiger partial charge in [0.05, 0.1) is 39.9 Å². The van der Waals surface area contributed by atoms with Gasteiger partial charge in [0.2, 0.25) is 5.91 Å². The van der Waals surface area contributed by atoms with Crippen LogP contribution in [0, 0.1) is 0 Å². The molecular formula is C32H67N2O6P. The predicted octanol–water partition coefficient (Wildman–Crippen LogP) is 7.27. The van der Waals surface area contributed by atoms with E-state index in [1.165, 1.54) is 96.3 Å². The fourth-order valence-electron chi connectivity index (χ4n) is 4.85. The lowest BCUT2D eigenvalue weighted by atomic mass is 10.0. The van der Waals surface area contributed by atoms with E-state index in [0.29, 0.717) is 30.3 Å². The average molecular weight is 607 g/mol. The minimum Gasteiger partial charge on any atom is -0.756 e. The van der Waals surface area contributed by atoms with Crippen molar-refractivity contribution in [2.45, 2.75) is 161 Å². The first kappa shape index (κ1) is 40.5. The van der Waals surface area contributed by atoms with Gasteiger partial charge in [-0.15, -0.1) is 0 Å². The molecule has 0 rings (SSSR count). The Kier molecular flexibility index (Phi) is 25.6. The topological polar surface area (TPSA) is 108 Å². The van der Waals surface area contributed by atoms with E-state index in [4.69, 9.17) is 9.05 Å².